The van der Waals surface area contributed by atoms with E-state index in [9.17, 15) is 13.2 Å². The van der Waals surface area contributed by atoms with Crippen molar-refractivity contribution in [2.24, 2.45) is 21.8 Å². The van der Waals surface area contributed by atoms with Crippen LogP contribution in [0.25, 0.3) is 0 Å². The average Bonchev–Trinajstić information content (AvgIpc) is 2.28. The summed E-state index contributed by atoms with van der Waals surface area (Å²) < 4.78 is 37.1. The first-order valence-corrected chi connectivity index (χ1v) is 4.43. The number of guanidine groups is 1. The minimum atomic E-state index is -4.38. The fraction of sp³-hybridized carbons (Fsp3) is 0.111. The van der Waals surface area contributed by atoms with Gasteiger partial charge in [-0.3, -0.25) is 0 Å². The molecule has 0 heterocycles. The summed E-state index contributed by atoms with van der Waals surface area (Å²) in [7, 11) is 0. The summed E-state index contributed by atoms with van der Waals surface area (Å²) in [5.41, 5.74) is 6.91. The second-order valence-electron chi connectivity index (χ2n) is 3.01. The van der Waals surface area contributed by atoms with Crippen LogP contribution < -0.4 is 17.0 Å². The van der Waals surface area contributed by atoms with Crippen LogP contribution in [-0.2, 0) is 6.18 Å². The van der Waals surface area contributed by atoms with Crippen molar-refractivity contribution in [3.8, 4) is 0 Å². The Bertz CT molecular complexity index is 439. The molecule has 0 spiro atoms. The standard InChI is InChI=1S/C9H10F3N5/c10-9(11,12)7-3-1-2-6(4-7)5-15-17-8(13)16-14/h1-5H,14H2,(H3,13,16,17)/b15-5+. The molecule has 0 unspecified atom stereocenters. The van der Waals surface area contributed by atoms with Crippen LogP contribution in [0.5, 0.6) is 0 Å². The van der Waals surface area contributed by atoms with E-state index in [2.05, 4.69) is 15.6 Å². The maximum atomic E-state index is 12.4. The van der Waals surface area contributed by atoms with Gasteiger partial charge in [-0.15, -0.1) is 5.10 Å². The van der Waals surface area contributed by atoms with Crippen molar-refractivity contribution in [3.05, 3.63) is 35.4 Å². The van der Waals surface area contributed by atoms with Gasteiger partial charge in [0, 0.05) is 0 Å². The summed E-state index contributed by atoms with van der Waals surface area (Å²) in [6.45, 7) is 0. The molecule has 17 heavy (non-hydrogen) atoms. The molecule has 0 saturated carbocycles. The number of benzene rings is 1. The molecule has 0 saturated heterocycles. The van der Waals surface area contributed by atoms with E-state index >= 15 is 0 Å². The second-order valence-corrected chi connectivity index (χ2v) is 3.01. The molecule has 0 fully saturated rings. The maximum absolute atomic E-state index is 12.4. The van der Waals surface area contributed by atoms with Gasteiger partial charge in [0.25, 0.3) is 0 Å². The van der Waals surface area contributed by atoms with Crippen molar-refractivity contribution in [3.63, 3.8) is 0 Å². The summed E-state index contributed by atoms with van der Waals surface area (Å²) in [6, 6.07) is 4.68. The molecule has 0 aliphatic rings. The largest absolute Gasteiger partial charge is 0.416 e. The van der Waals surface area contributed by atoms with Crippen molar-refractivity contribution < 1.29 is 13.2 Å². The zero-order valence-electron chi connectivity index (χ0n) is 8.57. The van der Waals surface area contributed by atoms with Gasteiger partial charge in [-0.1, -0.05) is 12.1 Å². The highest BCUT2D eigenvalue weighted by Gasteiger charge is 2.30. The van der Waals surface area contributed by atoms with E-state index in [1.54, 1.807) is 0 Å². The molecule has 5 nitrogen and oxygen atoms in total. The summed E-state index contributed by atoms with van der Waals surface area (Å²) >= 11 is 0. The molecule has 1 aromatic carbocycles. The Labute approximate surface area is 95.0 Å². The van der Waals surface area contributed by atoms with Crippen LogP contribution in [-0.4, -0.2) is 12.2 Å². The van der Waals surface area contributed by atoms with Gasteiger partial charge >= 0.3 is 6.18 Å². The topological polar surface area (TPSA) is 88.8 Å². The van der Waals surface area contributed by atoms with E-state index in [4.69, 9.17) is 11.6 Å². The highest BCUT2D eigenvalue weighted by Crippen LogP contribution is 2.29. The van der Waals surface area contributed by atoms with Gasteiger partial charge in [0.05, 0.1) is 11.8 Å². The van der Waals surface area contributed by atoms with Crippen molar-refractivity contribution in [2.45, 2.75) is 6.18 Å². The fourth-order valence-corrected chi connectivity index (χ4v) is 0.997. The first kappa shape index (κ1) is 12.8. The molecule has 1 aromatic rings. The number of rotatable bonds is 2. The molecule has 92 valence electrons. The smallest absolute Gasteiger partial charge is 0.367 e. The molecule has 0 amide bonds. The van der Waals surface area contributed by atoms with E-state index in [0.717, 1.165) is 12.1 Å². The summed E-state index contributed by atoms with van der Waals surface area (Å²) in [4.78, 5) is 0. The SMILES string of the molecule is NN=C(N)N/N=C/c1cccc(C(F)(F)F)c1. The molecule has 0 aromatic heterocycles. The van der Waals surface area contributed by atoms with Crippen LogP contribution in [0.3, 0.4) is 0 Å². The fourth-order valence-electron chi connectivity index (χ4n) is 0.997. The first-order valence-electron chi connectivity index (χ1n) is 4.43. The Morgan fingerprint density at radius 1 is 1.35 bits per heavy atom. The predicted molar refractivity (Wildman–Crippen MR) is 58.0 cm³/mol. The molecule has 8 heteroatoms. The van der Waals surface area contributed by atoms with Gasteiger partial charge in [0.1, 0.15) is 0 Å². The number of nitrogens with zero attached hydrogens (tertiary/aromatic N) is 2. The summed E-state index contributed by atoms with van der Waals surface area (Å²) in [6.07, 6.45) is -3.21. The quantitative estimate of drug-likeness (QED) is 0.312. The van der Waals surface area contributed by atoms with Gasteiger partial charge in [-0.25, -0.2) is 5.43 Å². The van der Waals surface area contributed by atoms with E-state index in [0.29, 0.717) is 0 Å². The number of hydrazone groups is 2. The summed E-state index contributed by atoms with van der Waals surface area (Å²) in [5.74, 6) is 4.67. The maximum Gasteiger partial charge on any atom is 0.416 e. The zero-order valence-corrected chi connectivity index (χ0v) is 8.57. The van der Waals surface area contributed by atoms with E-state index in [1.165, 1.54) is 18.3 Å². The molecular weight excluding hydrogens is 235 g/mol. The van der Waals surface area contributed by atoms with E-state index in [1.807, 2.05) is 0 Å². The third-order valence-electron chi connectivity index (χ3n) is 1.75. The minimum Gasteiger partial charge on any atom is -0.367 e. The molecule has 0 aliphatic carbocycles. The van der Waals surface area contributed by atoms with Crippen molar-refractivity contribution in [1.29, 1.82) is 0 Å². The zero-order chi connectivity index (χ0) is 12.9. The third-order valence-corrected chi connectivity index (χ3v) is 1.75. The molecule has 0 atom stereocenters. The molecule has 0 radical (unpaired) electrons. The monoisotopic (exact) mass is 245 g/mol. The Balaban J connectivity index is 2.80. The van der Waals surface area contributed by atoms with Crippen molar-refractivity contribution in [2.75, 3.05) is 0 Å². The lowest BCUT2D eigenvalue weighted by Gasteiger charge is -2.06. The number of hydrogen-bond acceptors (Lipinski definition) is 3. The van der Waals surface area contributed by atoms with Gasteiger partial charge in [0.15, 0.2) is 0 Å². The van der Waals surface area contributed by atoms with Gasteiger partial charge in [-0.2, -0.15) is 18.3 Å². The van der Waals surface area contributed by atoms with Gasteiger partial charge in [-0.05, 0) is 17.7 Å². The average molecular weight is 245 g/mol. The molecule has 5 N–H and O–H groups in total. The van der Waals surface area contributed by atoms with Crippen LogP contribution in [0.15, 0.2) is 34.5 Å². The number of alkyl halides is 3. The van der Waals surface area contributed by atoms with Gasteiger partial charge in [0.2, 0.25) is 5.96 Å². The van der Waals surface area contributed by atoms with Crippen LogP contribution in [0.1, 0.15) is 11.1 Å². The van der Waals surface area contributed by atoms with Gasteiger partial charge < -0.3 is 11.6 Å². The molecule has 0 aliphatic heterocycles. The third kappa shape index (κ3) is 4.01. The lowest BCUT2D eigenvalue weighted by molar-refractivity contribution is -0.137. The highest BCUT2D eigenvalue weighted by atomic mass is 19.4. The Hall–Kier alpha value is -2.25. The lowest BCUT2D eigenvalue weighted by Crippen LogP contribution is -2.28. The molecular formula is C9H10F3N5. The van der Waals surface area contributed by atoms with Crippen molar-refractivity contribution >= 4 is 12.2 Å². The number of nitrogens with one attached hydrogen (secondary N) is 1. The number of halogens is 3. The minimum absolute atomic E-state index is 0.145. The lowest BCUT2D eigenvalue weighted by atomic mass is 10.1. The van der Waals surface area contributed by atoms with E-state index < -0.39 is 11.7 Å². The second kappa shape index (κ2) is 5.19. The number of hydrogen-bond donors (Lipinski definition) is 3. The number of nitrogens with two attached hydrogens (primary N) is 2. The Morgan fingerprint density at radius 3 is 2.65 bits per heavy atom. The Morgan fingerprint density at radius 2 is 2.06 bits per heavy atom. The normalized spacial score (nSPS) is 13.0. The first-order chi connectivity index (χ1) is 7.93. The van der Waals surface area contributed by atoms with E-state index in [-0.39, 0.29) is 11.5 Å². The van der Waals surface area contributed by atoms with Crippen LogP contribution in [0.4, 0.5) is 13.2 Å². The van der Waals surface area contributed by atoms with Crippen LogP contribution in [0, 0.1) is 0 Å². The predicted octanol–water partition coefficient (Wildman–Crippen LogP) is 0.817. The Kier molecular flexibility index (Phi) is 3.91. The summed E-state index contributed by atoms with van der Waals surface area (Å²) in [5, 5.41) is 6.62. The highest BCUT2D eigenvalue weighted by molar-refractivity contribution is 5.83. The molecule has 1 rings (SSSR count). The van der Waals surface area contributed by atoms with Crippen molar-refractivity contribution in [1.82, 2.24) is 5.43 Å². The van der Waals surface area contributed by atoms with Crippen LogP contribution >= 0.6 is 0 Å². The molecule has 0 bridgehead atoms. The van der Waals surface area contributed by atoms with Crippen LogP contribution in [0.2, 0.25) is 0 Å².